The zero-order valence-electron chi connectivity index (χ0n) is 16.3. The third kappa shape index (κ3) is 6.00. The Kier molecular flexibility index (Phi) is 6.72. The van der Waals surface area contributed by atoms with Crippen molar-refractivity contribution in [3.63, 3.8) is 0 Å². The molecule has 4 rings (SSSR count). The predicted molar refractivity (Wildman–Crippen MR) is 115 cm³/mol. The van der Waals surface area contributed by atoms with Crippen molar-refractivity contribution in [1.29, 1.82) is 0 Å². The molecule has 150 valence electrons. The maximum absolute atomic E-state index is 5.99. The van der Waals surface area contributed by atoms with E-state index in [4.69, 9.17) is 16.3 Å². The zero-order valence-corrected chi connectivity index (χ0v) is 17.1. The Morgan fingerprint density at radius 3 is 2.48 bits per heavy atom. The summed E-state index contributed by atoms with van der Waals surface area (Å²) in [5, 5.41) is 4.49. The van der Waals surface area contributed by atoms with Crippen LogP contribution in [0.15, 0.2) is 67.0 Å². The third-order valence-corrected chi connectivity index (χ3v) is 5.35. The van der Waals surface area contributed by atoms with Crippen molar-refractivity contribution in [1.82, 2.24) is 20.2 Å². The first-order valence-electron chi connectivity index (χ1n) is 9.98. The average molecular weight is 409 g/mol. The lowest BCUT2D eigenvalue weighted by Gasteiger charge is -2.33. The van der Waals surface area contributed by atoms with Gasteiger partial charge < -0.3 is 10.1 Å². The Hall–Kier alpha value is -2.47. The van der Waals surface area contributed by atoms with Gasteiger partial charge in [0.05, 0.1) is 0 Å². The molecule has 1 atom stereocenters. The lowest BCUT2D eigenvalue weighted by atomic mass is 10.0. The summed E-state index contributed by atoms with van der Waals surface area (Å²) in [6, 6.07) is 18.9. The summed E-state index contributed by atoms with van der Waals surface area (Å²) in [4.78, 5) is 10.7. The molecule has 0 amide bonds. The average Bonchev–Trinajstić information content (AvgIpc) is 2.76. The molecule has 5 nitrogen and oxygen atoms in total. The number of hydrogen-bond acceptors (Lipinski definition) is 5. The molecule has 0 bridgehead atoms. The molecule has 6 heteroatoms. The van der Waals surface area contributed by atoms with Gasteiger partial charge in [-0.25, -0.2) is 9.97 Å². The number of nitrogens with zero attached hydrogens (tertiary/aromatic N) is 3. The summed E-state index contributed by atoms with van der Waals surface area (Å²) in [6.45, 7) is 4.04. The number of nitrogens with one attached hydrogen (secondary N) is 1. The van der Waals surface area contributed by atoms with Gasteiger partial charge in [0.25, 0.3) is 0 Å². The summed E-state index contributed by atoms with van der Waals surface area (Å²) < 4.78 is 5.65. The van der Waals surface area contributed by atoms with Crippen LogP contribution in [0.1, 0.15) is 24.0 Å². The number of benzene rings is 2. The van der Waals surface area contributed by atoms with E-state index in [1.54, 1.807) is 18.5 Å². The van der Waals surface area contributed by atoms with Gasteiger partial charge in [-0.3, -0.25) is 4.90 Å². The second-order valence-electron chi connectivity index (χ2n) is 7.36. The van der Waals surface area contributed by atoms with Crippen molar-refractivity contribution in [3.8, 4) is 11.8 Å². The number of aromatic nitrogens is 2. The van der Waals surface area contributed by atoms with Crippen LogP contribution in [-0.4, -0.2) is 34.0 Å². The number of piperidine rings is 1. The topological polar surface area (TPSA) is 50.3 Å². The lowest BCUT2D eigenvalue weighted by molar-refractivity contribution is 0.182. The molecule has 1 aromatic heterocycles. The van der Waals surface area contributed by atoms with Gasteiger partial charge in [-0.05, 0) is 60.8 Å². The van der Waals surface area contributed by atoms with E-state index in [0.717, 1.165) is 37.0 Å². The van der Waals surface area contributed by atoms with Crippen molar-refractivity contribution in [2.45, 2.75) is 32.0 Å². The summed E-state index contributed by atoms with van der Waals surface area (Å²) in [7, 11) is 0. The van der Waals surface area contributed by atoms with Gasteiger partial charge in [-0.15, -0.1) is 0 Å². The van der Waals surface area contributed by atoms with E-state index >= 15 is 0 Å². The lowest BCUT2D eigenvalue weighted by Crippen LogP contribution is -2.44. The van der Waals surface area contributed by atoms with Crippen molar-refractivity contribution >= 4 is 11.6 Å². The highest BCUT2D eigenvalue weighted by Gasteiger charge is 2.19. The molecule has 1 aliphatic rings. The fourth-order valence-electron chi connectivity index (χ4n) is 3.59. The van der Waals surface area contributed by atoms with Crippen molar-refractivity contribution in [2.75, 3.05) is 13.1 Å². The Bertz CT molecular complexity index is 887. The SMILES string of the molecule is Clc1ccc(CN2CCCC(NCc3ccc(Oc4ncccn4)cc3)C2)cc1. The molecule has 0 aliphatic carbocycles. The summed E-state index contributed by atoms with van der Waals surface area (Å²) in [5.74, 6) is 0.742. The Morgan fingerprint density at radius 1 is 1.00 bits per heavy atom. The van der Waals surface area contributed by atoms with E-state index in [1.165, 1.54) is 24.0 Å². The first-order chi connectivity index (χ1) is 14.2. The minimum Gasteiger partial charge on any atom is -0.424 e. The Balaban J connectivity index is 1.25. The van der Waals surface area contributed by atoms with Crippen LogP contribution < -0.4 is 10.1 Å². The Labute approximate surface area is 176 Å². The second kappa shape index (κ2) is 9.83. The van der Waals surface area contributed by atoms with Crippen LogP contribution in [0.5, 0.6) is 11.8 Å². The fraction of sp³-hybridized carbons (Fsp3) is 0.304. The Morgan fingerprint density at radius 2 is 1.72 bits per heavy atom. The third-order valence-electron chi connectivity index (χ3n) is 5.09. The maximum Gasteiger partial charge on any atom is 0.321 e. The minimum atomic E-state index is 0.362. The van der Waals surface area contributed by atoms with Gasteiger partial charge in [0, 0.05) is 43.1 Å². The molecule has 1 N–H and O–H groups in total. The van der Waals surface area contributed by atoms with Gasteiger partial charge in [-0.1, -0.05) is 35.9 Å². The van der Waals surface area contributed by atoms with Crippen LogP contribution in [0, 0.1) is 0 Å². The van der Waals surface area contributed by atoms with Gasteiger partial charge >= 0.3 is 6.01 Å². The quantitative estimate of drug-likeness (QED) is 0.615. The number of rotatable bonds is 7. The summed E-state index contributed by atoms with van der Waals surface area (Å²) in [6.07, 6.45) is 5.76. The van der Waals surface area contributed by atoms with Gasteiger partial charge in [0.15, 0.2) is 0 Å². The largest absolute Gasteiger partial charge is 0.424 e. The molecular weight excluding hydrogens is 384 g/mol. The molecule has 29 heavy (non-hydrogen) atoms. The van der Waals surface area contributed by atoms with Crippen LogP contribution in [0.3, 0.4) is 0 Å². The number of ether oxygens (including phenoxy) is 1. The minimum absolute atomic E-state index is 0.362. The number of halogens is 1. The van der Waals surface area contributed by atoms with E-state index in [-0.39, 0.29) is 0 Å². The normalized spacial score (nSPS) is 17.2. The highest BCUT2D eigenvalue weighted by molar-refractivity contribution is 6.30. The van der Waals surface area contributed by atoms with E-state index in [0.29, 0.717) is 12.1 Å². The van der Waals surface area contributed by atoms with Gasteiger partial charge in [0.2, 0.25) is 0 Å². The number of hydrogen-bond donors (Lipinski definition) is 1. The fourth-order valence-corrected chi connectivity index (χ4v) is 3.72. The van der Waals surface area contributed by atoms with Crippen LogP contribution in [0.2, 0.25) is 5.02 Å². The molecule has 0 spiro atoms. The monoisotopic (exact) mass is 408 g/mol. The molecule has 1 saturated heterocycles. The van der Waals surface area contributed by atoms with E-state index in [9.17, 15) is 0 Å². The molecule has 1 aliphatic heterocycles. The first kappa shape index (κ1) is 19.8. The highest BCUT2D eigenvalue weighted by Crippen LogP contribution is 2.19. The van der Waals surface area contributed by atoms with Crippen LogP contribution in [0.4, 0.5) is 0 Å². The summed E-state index contributed by atoms with van der Waals surface area (Å²) >= 11 is 5.99. The van der Waals surface area contributed by atoms with E-state index in [2.05, 4.69) is 44.5 Å². The molecule has 2 aromatic carbocycles. The highest BCUT2D eigenvalue weighted by atomic mass is 35.5. The van der Waals surface area contributed by atoms with E-state index in [1.807, 2.05) is 24.3 Å². The molecule has 1 unspecified atom stereocenters. The summed E-state index contributed by atoms with van der Waals surface area (Å²) in [5.41, 5.74) is 2.55. The molecule has 3 aromatic rings. The van der Waals surface area contributed by atoms with Gasteiger partial charge in [-0.2, -0.15) is 0 Å². The predicted octanol–water partition coefficient (Wildman–Crippen LogP) is 4.68. The maximum atomic E-state index is 5.99. The zero-order chi connectivity index (χ0) is 19.9. The molecular formula is C23H25ClN4O. The first-order valence-corrected chi connectivity index (χ1v) is 10.4. The number of likely N-dealkylation sites (tertiary alicyclic amines) is 1. The molecule has 1 fully saturated rings. The molecule has 0 saturated carbocycles. The van der Waals surface area contributed by atoms with Crippen LogP contribution >= 0.6 is 11.6 Å². The van der Waals surface area contributed by atoms with Crippen molar-refractivity contribution in [2.24, 2.45) is 0 Å². The van der Waals surface area contributed by atoms with Gasteiger partial charge in [0.1, 0.15) is 5.75 Å². The van der Waals surface area contributed by atoms with E-state index < -0.39 is 0 Å². The molecule has 0 radical (unpaired) electrons. The smallest absolute Gasteiger partial charge is 0.321 e. The van der Waals surface area contributed by atoms with Crippen LogP contribution in [-0.2, 0) is 13.1 Å². The van der Waals surface area contributed by atoms with Crippen molar-refractivity contribution in [3.05, 3.63) is 83.1 Å². The van der Waals surface area contributed by atoms with Crippen molar-refractivity contribution < 1.29 is 4.74 Å². The second-order valence-corrected chi connectivity index (χ2v) is 7.80. The molecule has 2 heterocycles. The van der Waals surface area contributed by atoms with Crippen LogP contribution in [0.25, 0.3) is 0 Å². The standard InChI is InChI=1S/C23H25ClN4O/c24-20-8-4-19(5-9-20)16-28-14-1-3-21(17-28)27-15-18-6-10-22(11-7-18)29-23-25-12-2-13-26-23/h2,4-13,21,27H,1,3,14-17H2.